The molecule has 178 valence electrons. The molecular weight excluding hydrogens is 376 g/mol. The lowest BCUT2D eigenvalue weighted by Crippen LogP contribution is -2.13. The molecule has 0 aliphatic carbocycles. The molecule has 0 aliphatic rings. The number of esters is 2. The van der Waals surface area contributed by atoms with Crippen molar-refractivity contribution in [2.75, 3.05) is 13.2 Å². The molecule has 0 saturated carbocycles. The molecular formula is C26H50O4. The van der Waals surface area contributed by atoms with Gasteiger partial charge in [-0.25, -0.2) is 0 Å². The zero-order valence-electron chi connectivity index (χ0n) is 20.7. The van der Waals surface area contributed by atoms with E-state index in [2.05, 4.69) is 34.6 Å². The zero-order chi connectivity index (χ0) is 22.6. The fourth-order valence-corrected chi connectivity index (χ4v) is 3.39. The van der Waals surface area contributed by atoms with Crippen molar-refractivity contribution in [3.8, 4) is 0 Å². The molecule has 0 amide bonds. The predicted molar refractivity (Wildman–Crippen MR) is 125 cm³/mol. The third-order valence-electron chi connectivity index (χ3n) is 5.25. The maximum atomic E-state index is 11.7. The van der Waals surface area contributed by atoms with Gasteiger partial charge in [-0.05, 0) is 24.2 Å². The van der Waals surface area contributed by atoms with Crippen LogP contribution in [-0.4, -0.2) is 25.2 Å². The average Bonchev–Trinajstić information content (AvgIpc) is 2.68. The van der Waals surface area contributed by atoms with Gasteiger partial charge in [0.15, 0.2) is 0 Å². The number of hydrogen-bond acceptors (Lipinski definition) is 4. The van der Waals surface area contributed by atoms with E-state index in [1.165, 1.54) is 57.8 Å². The summed E-state index contributed by atoms with van der Waals surface area (Å²) >= 11 is 0. The van der Waals surface area contributed by atoms with Gasteiger partial charge >= 0.3 is 11.9 Å². The average molecular weight is 427 g/mol. The molecule has 30 heavy (non-hydrogen) atoms. The van der Waals surface area contributed by atoms with Gasteiger partial charge in [-0.3, -0.25) is 9.59 Å². The number of unbranched alkanes of at least 4 members (excludes halogenated alkanes) is 10. The number of ether oxygens (including phenoxy) is 2. The molecule has 1 atom stereocenters. The summed E-state index contributed by atoms with van der Waals surface area (Å²) in [5, 5.41) is 0. The summed E-state index contributed by atoms with van der Waals surface area (Å²) in [5.74, 6) is 1.19. The molecule has 4 heteroatoms. The lowest BCUT2D eigenvalue weighted by molar-refractivity contribution is -0.146. The number of carbonyl (C=O) groups is 2. The maximum absolute atomic E-state index is 11.7. The van der Waals surface area contributed by atoms with E-state index in [4.69, 9.17) is 9.47 Å². The standard InChI is InChI=1S/C26H50O4/c1-22(2)20-29-25(27)18-16-14-12-10-8-6-7-9-11-13-15-17-24(5)19-26(28)30-21-23(3)4/h22-24H,6-21H2,1-5H3. The highest BCUT2D eigenvalue weighted by Gasteiger charge is 2.10. The molecule has 0 rings (SSSR count). The van der Waals surface area contributed by atoms with Gasteiger partial charge in [0.25, 0.3) is 0 Å². The Kier molecular flexibility index (Phi) is 19.2. The highest BCUT2D eigenvalue weighted by atomic mass is 16.5. The summed E-state index contributed by atoms with van der Waals surface area (Å²) in [5.41, 5.74) is 0. The minimum Gasteiger partial charge on any atom is -0.465 e. The first kappa shape index (κ1) is 28.9. The summed E-state index contributed by atoms with van der Waals surface area (Å²) in [6.07, 6.45) is 16.0. The van der Waals surface area contributed by atoms with Gasteiger partial charge in [0, 0.05) is 12.8 Å². The van der Waals surface area contributed by atoms with Crippen LogP contribution in [0.3, 0.4) is 0 Å². The fraction of sp³-hybridized carbons (Fsp3) is 0.923. The second-order valence-electron chi connectivity index (χ2n) is 9.89. The molecule has 0 heterocycles. The normalized spacial score (nSPS) is 12.4. The minimum absolute atomic E-state index is 0.0378. The van der Waals surface area contributed by atoms with Gasteiger partial charge < -0.3 is 9.47 Å². The van der Waals surface area contributed by atoms with E-state index < -0.39 is 0 Å². The van der Waals surface area contributed by atoms with Crippen molar-refractivity contribution in [2.24, 2.45) is 17.8 Å². The van der Waals surface area contributed by atoms with Crippen LogP contribution in [0.25, 0.3) is 0 Å². The van der Waals surface area contributed by atoms with Gasteiger partial charge in [-0.2, -0.15) is 0 Å². The smallest absolute Gasteiger partial charge is 0.306 e. The molecule has 0 radical (unpaired) electrons. The summed E-state index contributed by atoms with van der Waals surface area (Å²) in [6.45, 7) is 11.5. The fourth-order valence-electron chi connectivity index (χ4n) is 3.39. The first-order valence-corrected chi connectivity index (χ1v) is 12.6. The molecule has 1 unspecified atom stereocenters. The van der Waals surface area contributed by atoms with Crippen LogP contribution in [-0.2, 0) is 19.1 Å². The monoisotopic (exact) mass is 426 g/mol. The Morgan fingerprint density at radius 1 is 0.567 bits per heavy atom. The minimum atomic E-state index is -0.0396. The van der Waals surface area contributed by atoms with E-state index in [-0.39, 0.29) is 11.9 Å². The third-order valence-corrected chi connectivity index (χ3v) is 5.25. The molecule has 0 aromatic carbocycles. The van der Waals surface area contributed by atoms with Crippen molar-refractivity contribution in [3.05, 3.63) is 0 Å². The lowest BCUT2D eigenvalue weighted by Gasteiger charge is -2.12. The first-order chi connectivity index (χ1) is 14.3. The Morgan fingerprint density at radius 2 is 0.967 bits per heavy atom. The Hall–Kier alpha value is -1.06. The van der Waals surface area contributed by atoms with Crippen LogP contribution in [0.5, 0.6) is 0 Å². The van der Waals surface area contributed by atoms with Crippen LogP contribution >= 0.6 is 0 Å². The van der Waals surface area contributed by atoms with Gasteiger partial charge in [-0.1, -0.05) is 105 Å². The summed E-state index contributed by atoms with van der Waals surface area (Å²) in [4.78, 5) is 23.2. The van der Waals surface area contributed by atoms with Crippen LogP contribution in [0, 0.1) is 17.8 Å². The Bertz CT molecular complexity index is 417. The zero-order valence-corrected chi connectivity index (χ0v) is 20.7. The second kappa shape index (κ2) is 19.9. The molecule has 0 fully saturated rings. The van der Waals surface area contributed by atoms with Gasteiger partial charge in [0.2, 0.25) is 0 Å². The topological polar surface area (TPSA) is 52.6 Å². The Morgan fingerprint density at radius 3 is 1.43 bits per heavy atom. The highest BCUT2D eigenvalue weighted by Crippen LogP contribution is 2.16. The van der Waals surface area contributed by atoms with Gasteiger partial charge in [0.1, 0.15) is 0 Å². The van der Waals surface area contributed by atoms with Gasteiger partial charge in [0.05, 0.1) is 13.2 Å². The number of hydrogen-bond donors (Lipinski definition) is 0. The van der Waals surface area contributed by atoms with Crippen LogP contribution in [0.4, 0.5) is 0 Å². The Balaban J connectivity index is 3.31. The molecule has 0 saturated heterocycles. The molecule has 0 aliphatic heterocycles. The SMILES string of the molecule is CC(C)COC(=O)CCCCCCCCCCCCCC(C)CC(=O)OCC(C)C. The molecule has 0 aromatic heterocycles. The van der Waals surface area contributed by atoms with Crippen LogP contribution in [0.15, 0.2) is 0 Å². The number of rotatable bonds is 20. The van der Waals surface area contributed by atoms with Crippen LogP contribution in [0.1, 0.15) is 125 Å². The quantitative estimate of drug-likeness (QED) is 0.149. The third kappa shape index (κ3) is 21.6. The molecule has 0 spiro atoms. The van der Waals surface area contributed by atoms with E-state index in [1.54, 1.807) is 0 Å². The van der Waals surface area contributed by atoms with E-state index in [1.807, 2.05) is 0 Å². The predicted octanol–water partition coefficient (Wildman–Crippen LogP) is 7.48. The van der Waals surface area contributed by atoms with Crippen LogP contribution < -0.4 is 0 Å². The molecule has 4 nitrogen and oxygen atoms in total. The van der Waals surface area contributed by atoms with E-state index >= 15 is 0 Å². The van der Waals surface area contributed by atoms with Crippen molar-refractivity contribution < 1.29 is 19.1 Å². The first-order valence-electron chi connectivity index (χ1n) is 12.6. The summed E-state index contributed by atoms with van der Waals surface area (Å²) in [6, 6.07) is 0. The van der Waals surface area contributed by atoms with Gasteiger partial charge in [-0.15, -0.1) is 0 Å². The largest absolute Gasteiger partial charge is 0.465 e. The molecule has 0 N–H and O–H groups in total. The van der Waals surface area contributed by atoms with Crippen molar-refractivity contribution in [1.82, 2.24) is 0 Å². The van der Waals surface area contributed by atoms with E-state index in [9.17, 15) is 9.59 Å². The van der Waals surface area contributed by atoms with Crippen LogP contribution in [0.2, 0.25) is 0 Å². The van der Waals surface area contributed by atoms with Crippen molar-refractivity contribution >= 4 is 11.9 Å². The molecule has 0 aromatic rings. The van der Waals surface area contributed by atoms with Crippen molar-refractivity contribution in [1.29, 1.82) is 0 Å². The number of carbonyl (C=O) groups excluding carboxylic acids is 2. The Labute approximate surface area is 186 Å². The molecule has 0 bridgehead atoms. The van der Waals surface area contributed by atoms with Crippen molar-refractivity contribution in [2.45, 2.75) is 125 Å². The van der Waals surface area contributed by atoms with Crippen molar-refractivity contribution in [3.63, 3.8) is 0 Å². The van der Waals surface area contributed by atoms with E-state index in [0.717, 1.165) is 19.3 Å². The highest BCUT2D eigenvalue weighted by molar-refractivity contribution is 5.69. The lowest BCUT2D eigenvalue weighted by atomic mass is 9.98. The summed E-state index contributed by atoms with van der Waals surface area (Å²) < 4.78 is 10.4. The second-order valence-corrected chi connectivity index (χ2v) is 9.89. The van der Waals surface area contributed by atoms with E-state index in [0.29, 0.717) is 43.8 Å². The maximum Gasteiger partial charge on any atom is 0.306 e. The summed E-state index contributed by atoms with van der Waals surface area (Å²) in [7, 11) is 0.